The van der Waals surface area contributed by atoms with E-state index in [1.54, 1.807) is 30.3 Å². The average molecular weight is 397 g/mol. The molecule has 0 saturated carbocycles. The molecule has 3 N–H and O–H groups in total. The summed E-state index contributed by atoms with van der Waals surface area (Å²) in [5.74, 6) is -0.803. The standard InChI is InChI=1S/C19H19N5O3S/c25-16(20-21-17(26)15-9-5-2-6-10-15)13-28-19-23-22-18(27)24(19)12-11-14-7-3-1-4-8-14/h1-10H,11-13H2,(H,20,25)(H,21,26)(H,22,27). The molecule has 0 unspecified atom stereocenters. The van der Waals surface area contributed by atoms with Gasteiger partial charge in [0.25, 0.3) is 5.91 Å². The number of benzene rings is 2. The molecule has 1 aromatic heterocycles. The van der Waals surface area contributed by atoms with Gasteiger partial charge in [0.1, 0.15) is 0 Å². The van der Waals surface area contributed by atoms with Gasteiger partial charge in [-0.25, -0.2) is 9.89 Å². The molecule has 0 radical (unpaired) electrons. The van der Waals surface area contributed by atoms with Gasteiger partial charge in [-0.15, -0.1) is 5.10 Å². The van der Waals surface area contributed by atoms with Crippen molar-refractivity contribution in [3.63, 3.8) is 0 Å². The van der Waals surface area contributed by atoms with Crippen LogP contribution < -0.4 is 16.5 Å². The smallest absolute Gasteiger partial charge is 0.272 e. The summed E-state index contributed by atoms with van der Waals surface area (Å²) >= 11 is 1.12. The Morgan fingerprint density at radius 3 is 2.39 bits per heavy atom. The summed E-state index contributed by atoms with van der Waals surface area (Å²) in [4.78, 5) is 35.8. The molecule has 28 heavy (non-hydrogen) atoms. The molecule has 8 nitrogen and oxygen atoms in total. The van der Waals surface area contributed by atoms with Gasteiger partial charge in [0.15, 0.2) is 5.16 Å². The first-order valence-electron chi connectivity index (χ1n) is 8.59. The molecular weight excluding hydrogens is 378 g/mol. The number of hydrogen-bond donors (Lipinski definition) is 3. The summed E-state index contributed by atoms with van der Waals surface area (Å²) in [6, 6.07) is 18.3. The van der Waals surface area contributed by atoms with Crippen molar-refractivity contribution in [3.8, 4) is 0 Å². The highest BCUT2D eigenvalue weighted by molar-refractivity contribution is 7.99. The third kappa shape index (κ3) is 5.34. The number of aryl methyl sites for hydroxylation is 1. The van der Waals surface area contributed by atoms with Crippen LogP contribution in [0.2, 0.25) is 0 Å². The maximum atomic E-state index is 12.0. The number of aromatic amines is 1. The number of rotatable bonds is 7. The van der Waals surface area contributed by atoms with E-state index < -0.39 is 11.8 Å². The topological polar surface area (TPSA) is 109 Å². The second kappa shape index (κ2) is 9.56. The second-order valence-electron chi connectivity index (χ2n) is 5.86. The van der Waals surface area contributed by atoms with Crippen molar-refractivity contribution in [1.29, 1.82) is 0 Å². The zero-order valence-electron chi connectivity index (χ0n) is 14.9. The molecule has 0 aliphatic rings. The Bertz CT molecular complexity index is 986. The highest BCUT2D eigenvalue weighted by atomic mass is 32.2. The van der Waals surface area contributed by atoms with E-state index in [9.17, 15) is 14.4 Å². The summed E-state index contributed by atoms with van der Waals surface area (Å²) in [7, 11) is 0. The zero-order chi connectivity index (χ0) is 19.8. The van der Waals surface area contributed by atoms with Gasteiger partial charge in [-0.3, -0.25) is 25.0 Å². The minimum atomic E-state index is -0.404. The Kier molecular flexibility index (Phi) is 6.64. The van der Waals surface area contributed by atoms with Crippen molar-refractivity contribution in [2.24, 2.45) is 0 Å². The number of amides is 2. The summed E-state index contributed by atoms with van der Waals surface area (Å²) < 4.78 is 1.49. The van der Waals surface area contributed by atoms with Crippen LogP contribution >= 0.6 is 11.8 Å². The number of nitrogens with one attached hydrogen (secondary N) is 3. The van der Waals surface area contributed by atoms with Crippen molar-refractivity contribution in [3.05, 3.63) is 82.3 Å². The largest absolute Gasteiger partial charge is 0.343 e. The highest BCUT2D eigenvalue weighted by Gasteiger charge is 2.12. The monoisotopic (exact) mass is 397 g/mol. The Hall–Kier alpha value is -3.33. The molecule has 0 aliphatic heterocycles. The summed E-state index contributed by atoms with van der Waals surface area (Å²) in [5, 5.41) is 6.79. The molecule has 0 aliphatic carbocycles. The number of carbonyl (C=O) groups excluding carboxylic acids is 2. The molecule has 0 fully saturated rings. The lowest BCUT2D eigenvalue weighted by molar-refractivity contribution is -0.119. The fourth-order valence-corrected chi connectivity index (χ4v) is 3.22. The maximum absolute atomic E-state index is 12.0. The molecule has 2 aromatic carbocycles. The van der Waals surface area contributed by atoms with Crippen molar-refractivity contribution in [1.82, 2.24) is 25.6 Å². The van der Waals surface area contributed by atoms with Gasteiger partial charge in [-0.2, -0.15) is 0 Å². The van der Waals surface area contributed by atoms with Crippen LogP contribution in [0.4, 0.5) is 0 Å². The van der Waals surface area contributed by atoms with Gasteiger partial charge in [0, 0.05) is 12.1 Å². The van der Waals surface area contributed by atoms with Gasteiger partial charge in [0.05, 0.1) is 5.75 Å². The van der Waals surface area contributed by atoms with Gasteiger partial charge in [-0.1, -0.05) is 60.3 Å². The highest BCUT2D eigenvalue weighted by Crippen LogP contribution is 2.13. The van der Waals surface area contributed by atoms with Gasteiger partial charge < -0.3 is 0 Å². The van der Waals surface area contributed by atoms with Gasteiger partial charge in [-0.05, 0) is 24.1 Å². The molecule has 0 saturated heterocycles. The number of hydrogen-bond acceptors (Lipinski definition) is 5. The van der Waals surface area contributed by atoms with Crippen molar-refractivity contribution in [2.45, 2.75) is 18.1 Å². The normalized spacial score (nSPS) is 10.4. The van der Waals surface area contributed by atoms with Gasteiger partial charge >= 0.3 is 5.69 Å². The van der Waals surface area contributed by atoms with Crippen LogP contribution in [-0.2, 0) is 17.8 Å². The lowest BCUT2D eigenvalue weighted by Crippen LogP contribution is -2.42. The summed E-state index contributed by atoms with van der Waals surface area (Å²) in [6.07, 6.45) is 0.674. The van der Waals surface area contributed by atoms with E-state index in [-0.39, 0.29) is 11.4 Å². The zero-order valence-corrected chi connectivity index (χ0v) is 15.7. The average Bonchev–Trinajstić information content (AvgIpc) is 3.09. The first kappa shape index (κ1) is 19.4. The van der Waals surface area contributed by atoms with Crippen molar-refractivity contribution in [2.75, 3.05) is 5.75 Å². The van der Waals surface area contributed by atoms with E-state index in [1.807, 2.05) is 30.3 Å². The van der Waals surface area contributed by atoms with E-state index in [0.717, 1.165) is 17.3 Å². The van der Waals surface area contributed by atoms with Crippen LogP contribution in [0.5, 0.6) is 0 Å². The molecule has 0 atom stereocenters. The SMILES string of the molecule is O=C(CSc1n[nH]c(=O)n1CCc1ccccc1)NNC(=O)c1ccccc1. The van der Waals surface area contributed by atoms with Crippen LogP contribution in [-0.4, -0.2) is 32.3 Å². The Morgan fingerprint density at radius 1 is 1.00 bits per heavy atom. The molecule has 9 heteroatoms. The third-order valence-corrected chi connectivity index (χ3v) is 4.85. The van der Waals surface area contributed by atoms with Crippen LogP contribution in [0, 0.1) is 0 Å². The van der Waals surface area contributed by atoms with E-state index in [0.29, 0.717) is 23.7 Å². The molecule has 3 aromatic rings. The molecule has 2 amide bonds. The molecular formula is C19H19N5O3S. The number of hydrazine groups is 1. The minimum Gasteiger partial charge on any atom is -0.272 e. The number of aromatic nitrogens is 3. The predicted octanol–water partition coefficient (Wildman–Crippen LogP) is 1.37. The lowest BCUT2D eigenvalue weighted by atomic mass is 10.1. The van der Waals surface area contributed by atoms with Crippen LogP contribution in [0.3, 0.4) is 0 Å². The Morgan fingerprint density at radius 2 is 1.68 bits per heavy atom. The number of H-pyrrole nitrogens is 1. The summed E-state index contributed by atoms with van der Waals surface area (Å²) in [6.45, 7) is 0.452. The minimum absolute atomic E-state index is 0.00466. The number of carbonyl (C=O) groups is 2. The summed E-state index contributed by atoms with van der Waals surface area (Å²) in [5.41, 5.74) is 5.93. The van der Waals surface area contributed by atoms with Crippen molar-refractivity contribution < 1.29 is 9.59 Å². The van der Waals surface area contributed by atoms with Crippen LogP contribution in [0.1, 0.15) is 15.9 Å². The first-order valence-corrected chi connectivity index (χ1v) is 9.58. The van der Waals surface area contributed by atoms with Crippen molar-refractivity contribution >= 4 is 23.6 Å². The van der Waals surface area contributed by atoms with Crippen LogP contribution in [0.25, 0.3) is 0 Å². The van der Waals surface area contributed by atoms with E-state index >= 15 is 0 Å². The first-order chi connectivity index (χ1) is 13.6. The van der Waals surface area contributed by atoms with E-state index in [2.05, 4.69) is 21.0 Å². The van der Waals surface area contributed by atoms with E-state index in [4.69, 9.17) is 0 Å². The molecule has 0 spiro atoms. The quantitative estimate of drug-likeness (QED) is 0.412. The fourth-order valence-electron chi connectivity index (χ4n) is 2.45. The predicted molar refractivity (Wildman–Crippen MR) is 106 cm³/mol. The van der Waals surface area contributed by atoms with E-state index in [1.165, 1.54) is 4.57 Å². The van der Waals surface area contributed by atoms with Gasteiger partial charge in [0.2, 0.25) is 5.91 Å². The fraction of sp³-hybridized carbons (Fsp3) is 0.158. The second-order valence-corrected chi connectivity index (χ2v) is 6.80. The molecule has 3 rings (SSSR count). The maximum Gasteiger partial charge on any atom is 0.343 e. The third-order valence-electron chi connectivity index (χ3n) is 3.87. The number of thioether (sulfide) groups is 1. The molecule has 1 heterocycles. The molecule has 0 bridgehead atoms. The van der Waals surface area contributed by atoms with Crippen LogP contribution in [0.15, 0.2) is 70.6 Å². The lowest BCUT2D eigenvalue weighted by Gasteiger charge is -2.08. The Labute approximate surface area is 165 Å². The number of nitrogens with zero attached hydrogens (tertiary/aromatic N) is 2. The molecule has 144 valence electrons. The Balaban J connectivity index is 1.49.